The van der Waals surface area contributed by atoms with Crippen molar-refractivity contribution in [3.63, 3.8) is 0 Å². The first-order valence-electron chi connectivity index (χ1n) is 8.43. The Morgan fingerprint density at radius 3 is 1.43 bits per heavy atom. The molecule has 0 spiro atoms. The van der Waals surface area contributed by atoms with Gasteiger partial charge in [0.1, 0.15) is 0 Å². The third-order valence-corrected chi connectivity index (χ3v) is 4.03. The molecular formula is C20H24N2O6. The number of rotatable bonds is 8. The molecule has 2 atom stereocenters. The lowest BCUT2D eigenvalue weighted by molar-refractivity contribution is -0.149. The van der Waals surface area contributed by atoms with Gasteiger partial charge < -0.3 is 19.3 Å². The molecule has 0 aromatic heterocycles. The minimum Gasteiger partial charge on any atom is -0.439 e. The molecule has 0 bridgehead atoms. The van der Waals surface area contributed by atoms with E-state index >= 15 is 0 Å². The van der Waals surface area contributed by atoms with Crippen molar-refractivity contribution in [2.24, 2.45) is 0 Å². The highest BCUT2D eigenvalue weighted by Gasteiger charge is 2.27. The molecule has 2 amide bonds. The molecule has 1 rings (SSSR count). The van der Waals surface area contributed by atoms with Crippen molar-refractivity contribution in [2.45, 2.75) is 26.3 Å². The van der Waals surface area contributed by atoms with Gasteiger partial charge in [-0.05, 0) is 26.0 Å². The summed E-state index contributed by atoms with van der Waals surface area (Å²) in [6, 6.07) is 6.20. The van der Waals surface area contributed by atoms with Gasteiger partial charge in [0, 0.05) is 26.2 Å². The van der Waals surface area contributed by atoms with Crippen LogP contribution in [0, 0.1) is 0 Å². The van der Waals surface area contributed by atoms with Crippen LogP contribution in [0.1, 0.15) is 34.6 Å². The molecule has 0 radical (unpaired) electrons. The minimum absolute atomic E-state index is 0.116. The Bertz CT molecular complexity index is 724. The van der Waals surface area contributed by atoms with Gasteiger partial charge in [0.15, 0.2) is 12.5 Å². The Balaban J connectivity index is 3.08. The summed E-state index contributed by atoms with van der Waals surface area (Å²) in [6.45, 7) is 9.65. The van der Waals surface area contributed by atoms with Crippen LogP contribution in [-0.2, 0) is 19.1 Å². The quantitative estimate of drug-likeness (QED) is 0.384. The van der Waals surface area contributed by atoms with Gasteiger partial charge in [0.05, 0.1) is 11.1 Å². The summed E-state index contributed by atoms with van der Waals surface area (Å²) in [5.74, 6) is -2.38. The van der Waals surface area contributed by atoms with Gasteiger partial charge in [-0.1, -0.05) is 25.3 Å². The van der Waals surface area contributed by atoms with Crippen molar-refractivity contribution < 1.29 is 28.7 Å². The standard InChI is InChI=1S/C20H24N2O6/c1-7-17(23)27-13(3)21(5)19(25)15-11-9-10-12-16(15)20(26)22(6)14(4)28-18(24)8-2/h7-14H,1-2H2,3-6H3. The van der Waals surface area contributed by atoms with E-state index in [0.717, 1.165) is 12.2 Å². The molecule has 0 aliphatic rings. The van der Waals surface area contributed by atoms with Gasteiger partial charge in [0.25, 0.3) is 11.8 Å². The van der Waals surface area contributed by atoms with Crippen LogP contribution in [0.25, 0.3) is 0 Å². The maximum Gasteiger partial charge on any atom is 0.332 e. The summed E-state index contributed by atoms with van der Waals surface area (Å²) in [4.78, 5) is 50.8. The largest absolute Gasteiger partial charge is 0.439 e. The zero-order valence-electron chi connectivity index (χ0n) is 16.4. The fourth-order valence-corrected chi connectivity index (χ4v) is 2.16. The number of hydrogen-bond donors (Lipinski definition) is 0. The van der Waals surface area contributed by atoms with Gasteiger partial charge >= 0.3 is 11.9 Å². The third-order valence-electron chi connectivity index (χ3n) is 4.03. The van der Waals surface area contributed by atoms with Crippen molar-refractivity contribution in [2.75, 3.05) is 14.1 Å². The maximum atomic E-state index is 12.8. The fraction of sp³-hybridized carbons (Fsp3) is 0.300. The summed E-state index contributed by atoms with van der Waals surface area (Å²) in [7, 11) is 2.89. The first-order valence-corrected chi connectivity index (χ1v) is 8.43. The number of hydrogen-bond acceptors (Lipinski definition) is 6. The highest BCUT2D eigenvalue weighted by atomic mass is 16.6. The van der Waals surface area contributed by atoms with Crippen molar-refractivity contribution in [1.29, 1.82) is 0 Å². The zero-order valence-corrected chi connectivity index (χ0v) is 16.4. The van der Waals surface area contributed by atoms with Gasteiger partial charge in [-0.25, -0.2) is 9.59 Å². The van der Waals surface area contributed by atoms with Crippen LogP contribution in [0.2, 0.25) is 0 Å². The van der Waals surface area contributed by atoms with E-state index in [1.54, 1.807) is 12.1 Å². The molecule has 1 aromatic rings. The maximum absolute atomic E-state index is 12.8. The van der Waals surface area contributed by atoms with E-state index < -0.39 is 36.2 Å². The average Bonchev–Trinajstić information content (AvgIpc) is 2.70. The summed E-state index contributed by atoms with van der Waals surface area (Å²) >= 11 is 0. The van der Waals surface area contributed by atoms with Gasteiger partial charge in [-0.2, -0.15) is 0 Å². The van der Waals surface area contributed by atoms with Crippen LogP contribution < -0.4 is 0 Å². The first-order chi connectivity index (χ1) is 13.1. The van der Waals surface area contributed by atoms with Crippen LogP contribution in [0.15, 0.2) is 49.6 Å². The molecule has 28 heavy (non-hydrogen) atoms. The van der Waals surface area contributed by atoms with Gasteiger partial charge in [-0.15, -0.1) is 0 Å². The molecule has 1 aromatic carbocycles. The molecule has 0 heterocycles. The predicted molar refractivity (Wildman–Crippen MR) is 102 cm³/mol. The molecular weight excluding hydrogens is 364 g/mol. The third kappa shape index (κ3) is 5.54. The summed E-state index contributed by atoms with van der Waals surface area (Å²) in [5.41, 5.74) is 0.233. The molecule has 0 aliphatic carbocycles. The molecule has 0 saturated carbocycles. The monoisotopic (exact) mass is 388 g/mol. The van der Waals surface area contributed by atoms with Gasteiger partial charge in [-0.3, -0.25) is 9.59 Å². The minimum atomic E-state index is -0.869. The SMILES string of the molecule is C=CC(=O)OC(C)N(C)C(=O)c1ccccc1C(=O)N(C)C(C)OC(=O)C=C. The number of esters is 2. The lowest BCUT2D eigenvalue weighted by Gasteiger charge is -2.27. The van der Waals surface area contributed by atoms with E-state index in [9.17, 15) is 19.2 Å². The fourth-order valence-electron chi connectivity index (χ4n) is 2.16. The Morgan fingerprint density at radius 2 is 1.14 bits per heavy atom. The molecule has 0 aliphatic heterocycles. The Hall–Kier alpha value is -3.42. The predicted octanol–water partition coefficient (Wildman–Crippen LogP) is 1.98. The number of carbonyl (C=O) groups is 4. The van der Waals surface area contributed by atoms with E-state index in [1.165, 1.54) is 49.9 Å². The summed E-state index contributed by atoms with van der Waals surface area (Å²) in [6.07, 6.45) is 0.248. The number of carbonyl (C=O) groups excluding carboxylic acids is 4. The second-order valence-electron chi connectivity index (χ2n) is 5.86. The van der Waals surface area contributed by atoms with Crippen LogP contribution in [0.3, 0.4) is 0 Å². The lowest BCUT2D eigenvalue weighted by atomic mass is 10.0. The van der Waals surface area contributed by atoms with Crippen molar-refractivity contribution in [3.8, 4) is 0 Å². The molecule has 2 unspecified atom stereocenters. The smallest absolute Gasteiger partial charge is 0.332 e. The normalized spacial score (nSPS) is 12.1. The molecule has 0 fully saturated rings. The second-order valence-corrected chi connectivity index (χ2v) is 5.86. The molecule has 8 nitrogen and oxygen atoms in total. The number of ether oxygens (including phenoxy) is 2. The van der Waals surface area contributed by atoms with E-state index in [0.29, 0.717) is 0 Å². The van der Waals surface area contributed by atoms with Crippen molar-refractivity contribution >= 4 is 23.8 Å². The van der Waals surface area contributed by atoms with Crippen LogP contribution >= 0.6 is 0 Å². The number of nitrogens with zero attached hydrogens (tertiary/aromatic N) is 2. The Kier molecular flexibility index (Phi) is 8.12. The highest BCUT2D eigenvalue weighted by Crippen LogP contribution is 2.17. The van der Waals surface area contributed by atoms with E-state index in [1.807, 2.05) is 0 Å². The Labute approximate surface area is 164 Å². The summed E-state index contributed by atoms with van der Waals surface area (Å²) in [5, 5.41) is 0. The molecule has 8 heteroatoms. The first kappa shape index (κ1) is 22.6. The number of benzene rings is 1. The second kappa shape index (κ2) is 10.1. The lowest BCUT2D eigenvalue weighted by Crippen LogP contribution is -2.41. The summed E-state index contributed by atoms with van der Waals surface area (Å²) < 4.78 is 10.1. The number of amides is 2. The molecule has 0 saturated heterocycles. The van der Waals surface area contributed by atoms with E-state index in [-0.39, 0.29) is 11.1 Å². The van der Waals surface area contributed by atoms with Crippen LogP contribution in [0.4, 0.5) is 0 Å². The zero-order chi connectivity index (χ0) is 21.4. The molecule has 0 N–H and O–H groups in total. The van der Waals surface area contributed by atoms with E-state index in [4.69, 9.17) is 9.47 Å². The topological polar surface area (TPSA) is 93.2 Å². The average molecular weight is 388 g/mol. The van der Waals surface area contributed by atoms with Crippen LogP contribution in [0.5, 0.6) is 0 Å². The van der Waals surface area contributed by atoms with Gasteiger partial charge in [0.2, 0.25) is 0 Å². The Morgan fingerprint density at radius 1 is 0.821 bits per heavy atom. The van der Waals surface area contributed by atoms with Crippen molar-refractivity contribution in [3.05, 3.63) is 60.7 Å². The van der Waals surface area contributed by atoms with E-state index in [2.05, 4.69) is 13.2 Å². The molecule has 150 valence electrons. The highest BCUT2D eigenvalue weighted by molar-refractivity contribution is 6.07. The van der Waals surface area contributed by atoms with Crippen molar-refractivity contribution in [1.82, 2.24) is 9.80 Å². The van der Waals surface area contributed by atoms with Crippen LogP contribution in [-0.4, -0.2) is 60.1 Å².